The maximum Gasteiger partial charge on any atom is 0.266 e. The Labute approximate surface area is 139 Å². The number of para-hydroxylation sites is 1. The summed E-state index contributed by atoms with van der Waals surface area (Å²) < 4.78 is 6.80. The van der Waals surface area contributed by atoms with Crippen LogP contribution in [0.25, 0.3) is 10.2 Å². The number of rotatable bonds is 4. The molecule has 0 spiro atoms. The number of carbonyl (C=O) groups is 1. The Morgan fingerprint density at radius 2 is 2.00 bits per heavy atom. The Morgan fingerprint density at radius 1 is 1.22 bits per heavy atom. The van der Waals surface area contributed by atoms with Crippen molar-refractivity contribution in [2.45, 2.75) is 26.9 Å². The molecule has 118 valence electrons. The van der Waals surface area contributed by atoms with Gasteiger partial charge in [0.15, 0.2) is 11.2 Å². The second-order valence-electron chi connectivity index (χ2n) is 5.51. The summed E-state index contributed by atoms with van der Waals surface area (Å²) >= 11 is 1.47. The van der Waals surface area contributed by atoms with Gasteiger partial charge in [0.25, 0.3) is 5.91 Å². The van der Waals surface area contributed by atoms with Gasteiger partial charge in [-0.25, -0.2) is 4.98 Å². The van der Waals surface area contributed by atoms with Gasteiger partial charge in [-0.1, -0.05) is 35.6 Å². The van der Waals surface area contributed by atoms with Crippen molar-refractivity contribution in [3.63, 3.8) is 0 Å². The minimum Gasteiger partial charge on any atom is -0.481 e. The van der Waals surface area contributed by atoms with E-state index in [0.29, 0.717) is 5.13 Å². The molecule has 1 atom stereocenters. The lowest BCUT2D eigenvalue weighted by Gasteiger charge is -2.15. The highest BCUT2D eigenvalue weighted by Gasteiger charge is 2.17. The van der Waals surface area contributed by atoms with Crippen molar-refractivity contribution in [3.8, 4) is 5.75 Å². The van der Waals surface area contributed by atoms with E-state index >= 15 is 0 Å². The normalized spacial score (nSPS) is 12.1. The maximum atomic E-state index is 12.3. The molecule has 0 aliphatic heterocycles. The van der Waals surface area contributed by atoms with E-state index in [1.165, 1.54) is 16.9 Å². The van der Waals surface area contributed by atoms with Gasteiger partial charge < -0.3 is 4.74 Å². The van der Waals surface area contributed by atoms with Crippen LogP contribution in [0.2, 0.25) is 0 Å². The molecule has 3 aromatic rings. The average Bonchev–Trinajstić information content (AvgIpc) is 2.90. The zero-order valence-corrected chi connectivity index (χ0v) is 14.1. The SMILES string of the molecule is Cc1ccc2nc(NC(=O)[C@H](C)Oc3ccccc3C)sc2c1. The highest BCUT2D eigenvalue weighted by atomic mass is 32.1. The molecule has 1 N–H and O–H groups in total. The van der Waals surface area contributed by atoms with Crippen molar-refractivity contribution >= 4 is 32.6 Å². The molecule has 23 heavy (non-hydrogen) atoms. The molecule has 4 nitrogen and oxygen atoms in total. The van der Waals surface area contributed by atoms with Crippen LogP contribution in [0.3, 0.4) is 0 Å². The Kier molecular flexibility index (Phi) is 4.30. The topological polar surface area (TPSA) is 51.2 Å². The van der Waals surface area contributed by atoms with Crippen LogP contribution in [-0.2, 0) is 4.79 Å². The zero-order chi connectivity index (χ0) is 16.4. The lowest BCUT2D eigenvalue weighted by Crippen LogP contribution is -2.30. The first-order valence-electron chi connectivity index (χ1n) is 7.43. The molecule has 1 amide bonds. The second kappa shape index (κ2) is 6.38. The lowest BCUT2D eigenvalue weighted by molar-refractivity contribution is -0.122. The Hall–Kier alpha value is -2.40. The van der Waals surface area contributed by atoms with E-state index in [1.807, 2.05) is 50.2 Å². The van der Waals surface area contributed by atoms with Crippen LogP contribution in [-0.4, -0.2) is 17.0 Å². The number of hydrogen-bond donors (Lipinski definition) is 1. The van der Waals surface area contributed by atoms with Crippen molar-refractivity contribution in [3.05, 3.63) is 53.6 Å². The molecule has 1 heterocycles. The Bertz CT molecular complexity index is 857. The number of fused-ring (bicyclic) bond motifs is 1. The van der Waals surface area contributed by atoms with Gasteiger partial charge in [0.1, 0.15) is 5.75 Å². The summed E-state index contributed by atoms with van der Waals surface area (Å²) in [7, 11) is 0. The standard InChI is InChI=1S/C18H18N2O2S/c1-11-8-9-14-16(10-11)23-18(19-14)20-17(21)13(3)22-15-7-5-4-6-12(15)2/h4-10,13H,1-3H3,(H,19,20,21)/t13-/m0/s1. The highest BCUT2D eigenvalue weighted by molar-refractivity contribution is 7.22. The molecule has 5 heteroatoms. The van der Waals surface area contributed by atoms with Crippen LogP contribution in [0.15, 0.2) is 42.5 Å². The minimum absolute atomic E-state index is 0.205. The first-order valence-corrected chi connectivity index (χ1v) is 8.25. The number of nitrogens with zero attached hydrogens (tertiary/aromatic N) is 1. The molecule has 0 fully saturated rings. The molecule has 0 radical (unpaired) electrons. The van der Waals surface area contributed by atoms with E-state index in [9.17, 15) is 4.79 Å². The second-order valence-corrected chi connectivity index (χ2v) is 6.54. The molecule has 3 rings (SSSR count). The summed E-state index contributed by atoms with van der Waals surface area (Å²) in [6, 6.07) is 13.7. The Morgan fingerprint density at radius 3 is 2.78 bits per heavy atom. The summed E-state index contributed by atoms with van der Waals surface area (Å²) in [6.45, 7) is 5.73. The number of anilines is 1. The van der Waals surface area contributed by atoms with E-state index < -0.39 is 6.10 Å². The van der Waals surface area contributed by atoms with Gasteiger partial charge in [-0.05, 0) is 50.1 Å². The third-order valence-corrected chi connectivity index (χ3v) is 4.47. The summed E-state index contributed by atoms with van der Waals surface area (Å²) in [5.41, 5.74) is 3.07. The van der Waals surface area contributed by atoms with E-state index in [-0.39, 0.29) is 5.91 Å². The largest absolute Gasteiger partial charge is 0.481 e. The predicted octanol–water partition coefficient (Wildman–Crippen LogP) is 4.32. The molecule has 1 aromatic heterocycles. The fraction of sp³-hybridized carbons (Fsp3) is 0.222. The van der Waals surface area contributed by atoms with Crippen LogP contribution in [0.5, 0.6) is 5.75 Å². The average molecular weight is 326 g/mol. The number of ether oxygens (including phenoxy) is 1. The van der Waals surface area contributed by atoms with Gasteiger partial charge in [-0.2, -0.15) is 0 Å². The number of nitrogens with one attached hydrogen (secondary N) is 1. The first-order chi connectivity index (χ1) is 11.0. The number of thiazole rings is 1. The smallest absolute Gasteiger partial charge is 0.266 e. The molecule has 0 saturated carbocycles. The van der Waals surface area contributed by atoms with E-state index in [2.05, 4.69) is 16.4 Å². The van der Waals surface area contributed by atoms with E-state index in [4.69, 9.17) is 4.74 Å². The summed E-state index contributed by atoms with van der Waals surface area (Å²) in [5.74, 6) is 0.513. The molecule has 0 aliphatic carbocycles. The lowest BCUT2D eigenvalue weighted by atomic mass is 10.2. The van der Waals surface area contributed by atoms with Crippen LogP contribution >= 0.6 is 11.3 Å². The van der Waals surface area contributed by atoms with Crippen LogP contribution < -0.4 is 10.1 Å². The fourth-order valence-corrected chi connectivity index (χ4v) is 3.19. The van der Waals surface area contributed by atoms with Crippen molar-refractivity contribution in [1.82, 2.24) is 4.98 Å². The molecular weight excluding hydrogens is 308 g/mol. The summed E-state index contributed by atoms with van der Waals surface area (Å²) in [5, 5.41) is 3.43. The van der Waals surface area contributed by atoms with Crippen molar-refractivity contribution in [2.75, 3.05) is 5.32 Å². The number of hydrogen-bond acceptors (Lipinski definition) is 4. The zero-order valence-electron chi connectivity index (χ0n) is 13.3. The molecule has 0 unspecified atom stereocenters. The first kappa shape index (κ1) is 15.5. The van der Waals surface area contributed by atoms with Crippen LogP contribution in [0.4, 0.5) is 5.13 Å². The third kappa shape index (κ3) is 3.51. The van der Waals surface area contributed by atoms with Gasteiger partial charge in [0.2, 0.25) is 0 Å². The number of benzene rings is 2. The van der Waals surface area contributed by atoms with Gasteiger partial charge in [0.05, 0.1) is 10.2 Å². The van der Waals surface area contributed by atoms with Crippen molar-refractivity contribution < 1.29 is 9.53 Å². The molecular formula is C18H18N2O2S. The van der Waals surface area contributed by atoms with Gasteiger partial charge >= 0.3 is 0 Å². The number of carbonyl (C=O) groups excluding carboxylic acids is 1. The van der Waals surface area contributed by atoms with Crippen molar-refractivity contribution in [1.29, 1.82) is 0 Å². The quantitative estimate of drug-likeness (QED) is 0.777. The Balaban J connectivity index is 1.71. The predicted molar refractivity (Wildman–Crippen MR) is 94.3 cm³/mol. The molecule has 2 aromatic carbocycles. The molecule has 0 bridgehead atoms. The third-order valence-electron chi connectivity index (χ3n) is 3.54. The van der Waals surface area contributed by atoms with E-state index in [1.54, 1.807) is 6.92 Å². The maximum absolute atomic E-state index is 12.3. The van der Waals surface area contributed by atoms with Crippen LogP contribution in [0.1, 0.15) is 18.1 Å². The van der Waals surface area contributed by atoms with E-state index in [0.717, 1.165) is 21.5 Å². The molecule has 0 saturated heterocycles. The summed E-state index contributed by atoms with van der Waals surface area (Å²) in [4.78, 5) is 16.7. The highest BCUT2D eigenvalue weighted by Crippen LogP contribution is 2.27. The van der Waals surface area contributed by atoms with Gasteiger partial charge in [-0.3, -0.25) is 10.1 Å². The van der Waals surface area contributed by atoms with Crippen molar-refractivity contribution in [2.24, 2.45) is 0 Å². The van der Waals surface area contributed by atoms with Gasteiger partial charge in [0, 0.05) is 0 Å². The number of amides is 1. The molecule has 0 aliphatic rings. The number of aromatic nitrogens is 1. The monoisotopic (exact) mass is 326 g/mol. The minimum atomic E-state index is -0.593. The van der Waals surface area contributed by atoms with Gasteiger partial charge in [-0.15, -0.1) is 0 Å². The number of aryl methyl sites for hydroxylation is 2. The summed E-state index contributed by atoms with van der Waals surface area (Å²) in [6.07, 6.45) is -0.593. The fourth-order valence-electron chi connectivity index (χ4n) is 2.22. The van der Waals surface area contributed by atoms with Crippen LogP contribution in [0, 0.1) is 13.8 Å².